The Balaban J connectivity index is 1.91. The van der Waals surface area contributed by atoms with Crippen molar-refractivity contribution in [3.05, 3.63) is 40.5 Å². The molecule has 0 radical (unpaired) electrons. The quantitative estimate of drug-likeness (QED) is 0.753. The summed E-state index contributed by atoms with van der Waals surface area (Å²) in [6.45, 7) is 5.30. The number of nitrogens with zero attached hydrogens (tertiary/aromatic N) is 3. The lowest BCUT2D eigenvalue weighted by molar-refractivity contribution is -0.192. The fourth-order valence-corrected chi connectivity index (χ4v) is 4.80. The molecule has 2 aliphatic heterocycles. The molecular formula is C21H20F3N3O4. The first kappa shape index (κ1) is 21.1. The van der Waals surface area contributed by atoms with Crippen LogP contribution in [0.5, 0.6) is 11.8 Å². The van der Waals surface area contributed by atoms with E-state index in [1.54, 1.807) is 25.7 Å². The molecule has 2 N–H and O–H groups in total. The lowest BCUT2D eigenvalue weighted by Crippen LogP contribution is -2.53. The highest BCUT2D eigenvalue weighted by Crippen LogP contribution is 2.59. The molecule has 0 saturated carbocycles. The van der Waals surface area contributed by atoms with Crippen LogP contribution in [0.1, 0.15) is 49.4 Å². The van der Waals surface area contributed by atoms with Crippen LogP contribution in [-0.2, 0) is 26.9 Å². The molecule has 1 aromatic heterocycles. The van der Waals surface area contributed by atoms with Crippen molar-refractivity contribution in [1.29, 1.82) is 5.26 Å². The molecule has 2 aromatic rings. The number of alkyl halides is 3. The Morgan fingerprint density at radius 1 is 1.19 bits per heavy atom. The minimum atomic E-state index is -4.79. The summed E-state index contributed by atoms with van der Waals surface area (Å²) in [5.74, 6) is -1.05. The molecule has 10 heteroatoms. The molecule has 3 heterocycles. The van der Waals surface area contributed by atoms with Gasteiger partial charge in [-0.3, -0.25) is 9.36 Å². The molecule has 7 nitrogen and oxygen atoms in total. The van der Waals surface area contributed by atoms with Gasteiger partial charge in [-0.1, -0.05) is 6.92 Å². The van der Waals surface area contributed by atoms with E-state index in [0.717, 1.165) is 10.6 Å². The molecule has 1 fully saturated rings. The van der Waals surface area contributed by atoms with Crippen LogP contribution in [0, 0.1) is 11.3 Å². The van der Waals surface area contributed by atoms with Crippen LogP contribution in [0.3, 0.4) is 0 Å². The largest absolute Gasteiger partial charge is 0.494 e. The summed E-state index contributed by atoms with van der Waals surface area (Å²) >= 11 is 0. The van der Waals surface area contributed by atoms with Crippen molar-refractivity contribution in [2.75, 3.05) is 13.1 Å². The number of fused-ring (bicyclic) bond motifs is 5. The predicted octanol–water partition coefficient (Wildman–Crippen LogP) is 3.49. The average molecular weight is 435 g/mol. The van der Waals surface area contributed by atoms with Gasteiger partial charge < -0.3 is 19.8 Å². The predicted molar refractivity (Wildman–Crippen MR) is 101 cm³/mol. The molecule has 0 unspecified atom stereocenters. The molecule has 4 rings (SSSR count). The number of halogens is 3. The molecule has 0 spiro atoms. The van der Waals surface area contributed by atoms with Crippen LogP contribution in [-0.4, -0.2) is 38.7 Å². The standard InChI is InChI=1S/C21H20F3N3O4/c1-4-14(28)26-9-19(2)15-16(20(3,10-26)31-19)18(30)27(17(15)29)12-6-5-11(8-25)13(7-12)21(22,23)24/h5-7,29-30H,4,9-10H2,1-3H3/t19-,20+. The van der Waals surface area contributed by atoms with Gasteiger partial charge in [0.25, 0.3) is 0 Å². The molecule has 1 amide bonds. The summed E-state index contributed by atoms with van der Waals surface area (Å²) < 4.78 is 47.3. The van der Waals surface area contributed by atoms with E-state index in [1.807, 2.05) is 0 Å². The second-order valence-corrected chi connectivity index (χ2v) is 8.24. The molecule has 2 aliphatic rings. The Morgan fingerprint density at radius 3 is 2.19 bits per heavy atom. The molecule has 31 heavy (non-hydrogen) atoms. The maximum absolute atomic E-state index is 13.4. The van der Waals surface area contributed by atoms with Gasteiger partial charge in [0.2, 0.25) is 17.7 Å². The van der Waals surface area contributed by atoms with Gasteiger partial charge in [-0.15, -0.1) is 0 Å². The van der Waals surface area contributed by atoms with Gasteiger partial charge in [0.05, 0.1) is 47.1 Å². The van der Waals surface area contributed by atoms with Crippen molar-refractivity contribution in [2.45, 2.75) is 44.6 Å². The molecule has 2 atom stereocenters. The molecule has 1 saturated heterocycles. The number of nitriles is 1. The number of morpholine rings is 1. The Hall–Kier alpha value is -3.19. The zero-order valence-corrected chi connectivity index (χ0v) is 17.0. The van der Waals surface area contributed by atoms with Crippen LogP contribution < -0.4 is 0 Å². The molecule has 1 aromatic carbocycles. The summed E-state index contributed by atoms with van der Waals surface area (Å²) in [6.07, 6.45) is -4.51. The van der Waals surface area contributed by atoms with Crippen molar-refractivity contribution in [1.82, 2.24) is 9.47 Å². The number of hydrogen-bond acceptors (Lipinski definition) is 5. The van der Waals surface area contributed by atoms with E-state index in [2.05, 4.69) is 0 Å². The van der Waals surface area contributed by atoms with E-state index >= 15 is 0 Å². The highest BCUT2D eigenvalue weighted by atomic mass is 19.4. The summed E-state index contributed by atoms with van der Waals surface area (Å²) in [7, 11) is 0. The third-order valence-corrected chi connectivity index (χ3v) is 5.96. The first-order valence-electron chi connectivity index (χ1n) is 9.63. The van der Waals surface area contributed by atoms with Crippen molar-refractivity contribution in [2.24, 2.45) is 0 Å². The number of aromatic hydroxyl groups is 2. The minimum Gasteiger partial charge on any atom is -0.494 e. The van der Waals surface area contributed by atoms with E-state index in [9.17, 15) is 28.2 Å². The number of rotatable bonds is 2. The Labute approximate surface area is 175 Å². The first-order chi connectivity index (χ1) is 14.4. The number of hydrogen-bond donors (Lipinski definition) is 2. The Bertz CT molecular complexity index is 1110. The summed E-state index contributed by atoms with van der Waals surface area (Å²) in [6, 6.07) is 4.42. The maximum Gasteiger partial charge on any atom is 0.417 e. The van der Waals surface area contributed by atoms with Gasteiger partial charge in [0, 0.05) is 6.42 Å². The topological polar surface area (TPSA) is 98.7 Å². The molecule has 164 valence electrons. The normalized spacial score (nSPS) is 24.7. The zero-order valence-electron chi connectivity index (χ0n) is 17.0. The van der Waals surface area contributed by atoms with Gasteiger partial charge in [-0.25, -0.2) is 0 Å². The zero-order chi connectivity index (χ0) is 22.9. The van der Waals surface area contributed by atoms with Gasteiger partial charge >= 0.3 is 6.18 Å². The smallest absolute Gasteiger partial charge is 0.417 e. The van der Waals surface area contributed by atoms with E-state index in [1.165, 1.54) is 12.1 Å². The number of ether oxygens (including phenoxy) is 1. The van der Waals surface area contributed by atoms with E-state index in [0.29, 0.717) is 6.07 Å². The van der Waals surface area contributed by atoms with Gasteiger partial charge in [-0.05, 0) is 32.0 Å². The van der Waals surface area contributed by atoms with Crippen LogP contribution >= 0.6 is 0 Å². The summed E-state index contributed by atoms with van der Waals surface area (Å²) in [5, 5.41) is 31.0. The van der Waals surface area contributed by atoms with E-state index in [-0.39, 0.29) is 42.2 Å². The average Bonchev–Trinajstić information content (AvgIpc) is 3.06. The van der Waals surface area contributed by atoms with Gasteiger partial charge in [-0.2, -0.15) is 18.4 Å². The van der Waals surface area contributed by atoms with Crippen molar-refractivity contribution >= 4 is 5.91 Å². The highest BCUT2D eigenvalue weighted by Gasteiger charge is 2.59. The molecule has 0 aliphatic carbocycles. The molecular weight excluding hydrogens is 415 g/mol. The lowest BCUT2D eigenvalue weighted by atomic mass is 9.94. The Morgan fingerprint density at radius 2 is 1.74 bits per heavy atom. The maximum atomic E-state index is 13.4. The second-order valence-electron chi connectivity index (χ2n) is 8.24. The van der Waals surface area contributed by atoms with Gasteiger partial charge in [0.1, 0.15) is 11.2 Å². The second kappa shape index (κ2) is 6.40. The SMILES string of the molecule is CCC(=O)N1C[C@@]2(C)O[C@@](C)(C1)c1c2c(O)n(-c2ccc(C#N)c(C(F)(F)F)c2)c1O. The molecule has 2 bridgehead atoms. The van der Waals surface area contributed by atoms with Crippen LogP contribution in [0.15, 0.2) is 18.2 Å². The van der Waals surface area contributed by atoms with Crippen LogP contribution in [0.4, 0.5) is 13.2 Å². The first-order valence-corrected chi connectivity index (χ1v) is 9.63. The van der Waals surface area contributed by atoms with Crippen molar-refractivity contribution < 1.29 is 32.9 Å². The van der Waals surface area contributed by atoms with Crippen LogP contribution in [0.25, 0.3) is 5.69 Å². The van der Waals surface area contributed by atoms with E-state index < -0.39 is 40.3 Å². The van der Waals surface area contributed by atoms with Gasteiger partial charge in [0.15, 0.2) is 0 Å². The number of amides is 1. The number of carbonyl (C=O) groups excluding carboxylic acids is 1. The lowest BCUT2D eigenvalue weighted by Gasteiger charge is -2.43. The summed E-state index contributed by atoms with van der Waals surface area (Å²) in [5.41, 5.74) is -3.73. The number of carbonyl (C=O) groups is 1. The fraction of sp³-hybridized carbons (Fsp3) is 0.429. The third-order valence-electron chi connectivity index (χ3n) is 5.96. The fourth-order valence-electron chi connectivity index (χ4n) is 4.80. The Kier molecular flexibility index (Phi) is 4.35. The van der Waals surface area contributed by atoms with E-state index in [4.69, 9.17) is 10.00 Å². The third kappa shape index (κ3) is 2.87. The minimum absolute atomic E-state index is 0.111. The van der Waals surface area contributed by atoms with Crippen molar-refractivity contribution in [3.63, 3.8) is 0 Å². The summed E-state index contributed by atoms with van der Waals surface area (Å²) in [4.78, 5) is 13.9. The van der Waals surface area contributed by atoms with Crippen LogP contribution in [0.2, 0.25) is 0 Å². The van der Waals surface area contributed by atoms with Crippen molar-refractivity contribution in [3.8, 4) is 23.5 Å². The number of aromatic nitrogens is 1. The monoisotopic (exact) mass is 435 g/mol. The highest BCUT2D eigenvalue weighted by molar-refractivity contribution is 5.77. The number of benzene rings is 1.